The highest BCUT2D eigenvalue weighted by Crippen LogP contribution is 2.25. The number of amides is 3. The molecule has 2 aromatic rings. The summed E-state index contributed by atoms with van der Waals surface area (Å²) in [6.45, 7) is 2.91. The zero-order valence-corrected chi connectivity index (χ0v) is 17.6. The second-order valence-corrected chi connectivity index (χ2v) is 7.42. The van der Waals surface area contributed by atoms with Crippen LogP contribution in [0.2, 0.25) is 0 Å². The number of nitrogens with two attached hydrogens (primary N) is 1. The van der Waals surface area contributed by atoms with Gasteiger partial charge in [-0.2, -0.15) is 0 Å². The first-order chi connectivity index (χ1) is 14.0. The highest BCUT2D eigenvalue weighted by molar-refractivity contribution is 5.92. The molecule has 0 atom stereocenters. The van der Waals surface area contributed by atoms with Crippen LogP contribution in [-0.4, -0.2) is 25.5 Å². The van der Waals surface area contributed by atoms with Crippen molar-refractivity contribution in [1.29, 1.82) is 0 Å². The fourth-order valence-corrected chi connectivity index (χ4v) is 3.19. The molecule has 0 unspecified atom stereocenters. The standard InChI is InChI=1S/C24H33N3O2/c1-3-4-5-6-7-17-26-24(29)27(2)22-10-8-9-21(18-22)20-14-11-19(12-15-20)13-16-23(25)28/h8-12,14-15,18H,3-7,13,16-17H2,1-2H3,(H2,25,28)(H,26,29). The van der Waals surface area contributed by atoms with E-state index in [1.807, 2.05) is 48.5 Å². The molecule has 3 amide bonds. The Morgan fingerprint density at radius 3 is 2.38 bits per heavy atom. The summed E-state index contributed by atoms with van der Waals surface area (Å²) in [5.74, 6) is -0.288. The van der Waals surface area contributed by atoms with Crippen molar-refractivity contribution in [3.8, 4) is 11.1 Å². The summed E-state index contributed by atoms with van der Waals surface area (Å²) in [6, 6.07) is 15.9. The molecule has 2 rings (SSSR count). The van der Waals surface area contributed by atoms with Crippen LogP contribution in [0.4, 0.5) is 10.5 Å². The highest BCUT2D eigenvalue weighted by Gasteiger charge is 2.11. The molecule has 0 saturated heterocycles. The third kappa shape index (κ3) is 7.60. The molecular formula is C24H33N3O2. The van der Waals surface area contributed by atoms with Crippen LogP contribution >= 0.6 is 0 Å². The van der Waals surface area contributed by atoms with Crippen LogP contribution in [0.5, 0.6) is 0 Å². The number of unbranched alkanes of at least 4 members (excludes halogenated alkanes) is 4. The maximum Gasteiger partial charge on any atom is 0.321 e. The van der Waals surface area contributed by atoms with E-state index in [4.69, 9.17) is 5.73 Å². The van der Waals surface area contributed by atoms with Gasteiger partial charge in [0.05, 0.1) is 0 Å². The van der Waals surface area contributed by atoms with Gasteiger partial charge in [-0.3, -0.25) is 9.69 Å². The maximum atomic E-state index is 12.4. The largest absolute Gasteiger partial charge is 0.370 e. The van der Waals surface area contributed by atoms with Crippen molar-refractivity contribution in [3.63, 3.8) is 0 Å². The molecular weight excluding hydrogens is 362 g/mol. The zero-order valence-electron chi connectivity index (χ0n) is 17.6. The van der Waals surface area contributed by atoms with Crippen LogP contribution in [0.3, 0.4) is 0 Å². The molecule has 5 heteroatoms. The molecule has 0 aliphatic heterocycles. The number of nitrogens with one attached hydrogen (secondary N) is 1. The van der Waals surface area contributed by atoms with Gasteiger partial charge in [0.2, 0.25) is 5.91 Å². The average Bonchev–Trinajstić information content (AvgIpc) is 2.74. The van der Waals surface area contributed by atoms with Gasteiger partial charge in [0.1, 0.15) is 0 Å². The van der Waals surface area contributed by atoms with Crippen molar-refractivity contribution in [2.75, 3.05) is 18.5 Å². The zero-order chi connectivity index (χ0) is 21.1. The fourth-order valence-electron chi connectivity index (χ4n) is 3.19. The lowest BCUT2D eigenvalue weighted by Crippen LogP contribution is -2.37. The number of anilines is 1. The van der Waals surface area contributed by atoms with Gasteiger partial charge >= 0.3 is 6.03 Å². The van der Waals surface area contributed by atoms with E-state index in [9.17, 15) is 9.59 Å². The third-order valence-corrected chi connectivity index (χ3v) is 5.04. The molecule has 0 aliphatic rings. The Morgan fingerprint density at radius 2 is 1.69 bits per heavy atom. The van der Waals surface area contributed by atoms with Gasteiger partial charge in [0, 0.05) is 25.7 Å². The quantitative estimate of drug-likeness (QED) is 0.532. The number of benzene rings is 2. The molecule has 3 N–H and O–H groups in total. The normalized spacial score (nSPS) is 10.6. The summed E-state index contributed by atoms with van der Waals surface area (Å²) in [4.78, 5) is 25.0. The second kappa shape index (κ2) is 11.9. The first-order valence-corrected chi connectivity index (χ1v) is 10.5. The van der Waals surface area contributed by atoms with Crippen LogP contribution in [0, 0.1) is 0 Å². The van der Waals surface area contributed by atoms with Crippen LogP contribution in [0.25, 0.3) is 11.1 Å². The van der Waals surface area contributed by atoms with Crippen LogP contribution in [0.1, 0.15) is 51.0 Å². The van der Waals surface area contributed by atoms with E-state index >= 15 is 0 Å². The first kappa shape index (κ1) is 22.5. The number of nitrogens with zero attached hydrogens (tertiary/aromatic N) is 1. The van der Waals surface area contributed by atoms with Crippen molar-refractivity contribution in [2.24, 2.45) is 5.73 Å². The molecule has 0 spiro atoms. The summed E-state index contributed by atoms with van der Waals surface area (Å²) in [5.41, 5.74) is 9.26. The number of carbonyl (C=O) groups excluding carboxylic acids is 2. The Hall–Kier alpha value is -2.82. The molecule has 0 aromatic heterocycles. The summed E-state index contributed by atoms with van der Waals surface area (Å²) in [7, 11) is 1.79. The summed E-state index contributed by atoms with van der Waals surface area (Å²) in [6.07, 6.45) is 6.88. The topological polar surface area (TPSA) is 75.4 Å². The van der Waals surface area contributed by atoms with Crippen LogP contribution in [-0.2, 0) is 11.2 Å². The third-order valence-electron chi connectivity index (χ3n) is 5.04. The Kier molecular flexibility index (Phi) is 9.22. The van der Waals surface area contributed by atoms with E-state index in [0.29, 0.717) is 19.4 Å². The van der Waals surface area contributed by atoms with Gasteiger partial charge in [-0.05, 0) is 41.7 Å². The van der Waals surface area contributed by atoms with Gasteiger partial charge < -0.3 is 11.1 Å². The monoisotopic (exact) mass is 395 g/mol. The van der Waals surface area contributed by atoms with Gasteiger partial charge in [0.25, 0.3) is 0 Å². The maximum absolute atomic E-state index is 12.4. The number of hydrogen-bond acceptors (Lipinski definition) is 2. The minimum atomic E-state index is -0.288. The number of urea groups is 1. The van der Waals surface area contributed by atoms with Crippen molar-refractivity contribution in [1.82, 2.24) is 5.32 Å². The van der Waals surface area contributed by atoms with Gasteiger partial charge in [0.15, 0.2) is 0 Å². The number of hydrogen-bond donors (Lipinski definition) is 2. The van der Waals surface area contributed by atoms with Gasteiger partial charge in [-0.25, -0.2) is 4.79 Å². The Morgan fingerprint density at radius 1 is 0.966 bits per heavy atom. The lowest BCUT2D eigenvalue weighted by molar-refractivity contribution is -0.117. The SMILES string of the molecule is CCCCCCCNC(=O)N(C)c1cccc(-c2ccc(CCC(N)=O)cc2)c1. The molecule has 0 saturated carbocycles. The predicted octanol–water partition coefficient (Wildman–Crippen LogP) is 4.89. The second-order valence-electron chi connectivity index (χ2n) is 7.42. The Bertz CT molecular complexity index is 787. The number of primary amides is 1. The smallest absolute Gasteiger partial charge is 0.321 e. The van der Waals surface area contributed by atoms with E-state index in [2.05, 4.69) is 12.2 Å². The van der Waals surface area contributed by atoms with E-state index in [0.717, 1.165) is 35.2 Å². The van der Waals surface area contributed by atoms with E-state index < -0.39 is 0 Å². The molecule has 0 aliphatic carbocycles. The molecule has 0 heterocycles. The lowest BCUT2D eigenvalue weighted by atomic mass is 10.0. The first-order valence-electron chi connectivity index (χ1n) is 10.5. The summed E-state index contributed by atoms with van der Waals surface area (Å²) in [5, 5.41) is 3.00. The number of carbonyl (C=O) groups is 2. The lowest BCUT2D eigenvalue weighted by Gasteiger charge is -2.19. The average molecular weight is 396 g/mol. The Labute approximate surface area is 174 Å². The van der Waals surface area contributed by atoms with Crippen molar-refractivity contribution in [3.05, 3.63) is 54.1 Å². The number of aryl methyl sites for hydroxylation is 1. The summed E-state index contributed by atoms with van der Waals surface area (Å²) < 4.78 is 0. The van der Waals surface area contributed by atoms with Crippen LogP contribution < -0.4 is 16.0 Å². The molecule has 0 radical (unpaired) electrons. The van der Waals surface area contributed by atoms with Gasteiger partial charge in [-0.15, -0.1) is 0 Å². The molecule has 0 fully saturated rings. The highest BCUT2D eigenvalue weighted by atomic mass is 16.2. The van der Waals surface area contributed by atoms with Gasteiger partial charge in [-0.1, -0.05) is 69.0 Å². The van der Waals surface area contributed by atoms with Crippen molar-refractivity contribution < 1.29 is 9.59 Å². The minimum Gasteiger partial charge on any atom is -0.370 e. The fraction of sp³-hybridized carbons (Fsp3) is 0.417. The van der Waals surface area contributed by atoms with Crippen molar-refractivity contribution >= 4 is 17.6 Å². The van der Waals surface area contributed by atoms with Crippen molar-refractivity contribution in [2.45, 2.75) is 51.9 Å². The van der Waals surface area contributed by atoms with E-state index in [1.165, 1.54) is 19.3 Å². The van der Waals surface area contributed by atoms with E-state index in [1.54, 1.807) is 11.9 Å². The van der Waals surface area contributed by atoms with Crippen LogP contribution in [0.15, 0.2) is 48.5 Å². The Balaban J connectivity index is 1.94. The molecule has 29 heavy (non-hydrogen) atoms. The molecule has 5 nitrogen and oxygen atoms in total. The van der Waals surface area contributed by atoms with E-state index in [-0.39, 0.29) is 11.9 Å². The summed E-state index contributed by atoms with van der Waals surface area (Å²) >= 11 is 0. The predicted molar refractivity (Wildman–Crippen MR) is 120 cm³/mol. The number of rotatable bonds is 11. The minimum absolute atomic E-state index is 0.0839. The molecule has 0 bridgehead atoms. The molecule has 2 aromatic carbocycles. The molecule has 156 valence electrons.